The maximum atomic E-state index is 12.8. The Hall–Kier alpha value is -1.17. The van der Waals surface area contributed by atoms with Crippen molar-refractivity contribution < 1.29 is 8.42 Å². The minimum atomic E-state index is -3.36. The van der Waals surface area contributed by atoms with Gasteiger partial charge in [0.2, 0.25) is 9.84 Å². The lowest BCUT2D eigenvalue weighted by molar-refractivity contribution is 0.313. The molecule has 2 N–H and O–H groups in total. The van der Waals surface area contributed by atoms with Crippen LogP contribution in [0.2, 0.25) is 0 Å². The van der Waals surface area contributed by atoms with Gasteiger partial charge < -0.3 is 5.73 Å². The minimum absolute atomic E-state index is 0.257. The van der Waals surface area contributed by atoms with Crippen LogP contribution in [0.25, 0.3) is 6.08 Å². The molecule has 2 aliphatic rings. The number of nitrogens with zero attached hydrogens (tertiary/aromatic N) is 1. The van der Waals surface area contributed by atoms with Gasteiger partial charge in [-0.3, -0.25) is 4.90 Å². The molecule has 0 aliphatic carbocycles. The third-order valence-corrected chi connectivity index (χ3v) is 6.33. The molecule has 1 saturated heterocycles. The molecule has 5 heteroatoms. The fraction of sp³-hybridized carbons (Fsp3) is 0.500. The standard InChI is InChI=1S/C16H22N2O2S/c17-11-14-7-5-6-13-10-15(21(19,20)16(13)14)12-18-8-3-1-2-4-9-18/h5-7,10H,1-4,8-9,11-12,17H2. The number of hydrogen-bond donors (Lipinski definition) is 1. The van der Waals surface area contributed by atoms with Crippen molar-refractivity contribution in [1.82, 2.24) is 4.90 Å². The fourth-order valence-corrected chi connectivity index (χ4v) is 5.06. The van der Waals surface area contributed by atoms with Crippen molar-refractivity contribution >= 4 is 15.9 Å². The summed E-state index contributed by atoms with van der Waals surface area (Å²) in [6.45, 7) is 2.77. The van der Waals surface area contributed by atoms with Crippen LogP contribution in [-0.2, 0) is 16.4 Å². The molecule has 3 rings (SSSR count). The second-order valence-electron chi connectivity index (χ2n) is 5.84. The summed E-state index contributed by atoms with van der Waals surface area (Å²) in [5.74, 6) is 0. The van der Waals surface area contributed by atoms with Gasteiger partial charge in [0.05, 0.1) is 9.80 Å². The van der Waals surface area contributed by atoms with Crippen molar-refractivity contribution in [2.75, 3.05) is 19.6 Å². The molecule has 0 amide bonds. The number of rotatable bonds is 3. The summed E-state index contributed by atoms with van der Waals surface area (Å²) >= 11 is 0. The summed E-state index contributed by atoms with van der Waals surface area (Å²) in [5.41, 5.74) is 7.21. The number of likely N-dealkylation sites (tertiary alicyclic amines) is 1. The Morgan fingerprint density at radius 2 is 1.81 bits per heavy atom. The first-order valence-corrected chi connectivity index (χ1v) is 9.11. The average Bonchev–Trinajstić information content (AvgIpc) is 2.65. The van der Waals surface area contributed by atoms with Gasteiger partial charge in [-0.1, -0.05) is 31.0 Å². The molecule has 1 aromatic carbocycles. The maximum Gasteiger partial charge on any atom is 0.204 e. The van der Waals surface area contributed by atoms with Crippen LogP contribution in [0.1, 0.15) is 36.8 Å². The first kappa shape index (κ1) is 14.8. The van der Waals surface area contributed by atoms with Crippen molar-refractivity contribution in [2.24, 2.45) is 5.73 Å². The summed E-state index contributed by atoms with van der Waals surface area (Å²) in [5, 5.41) is 0. The van der Waals surface area contributed by atoms with Gasteiger partial charge in [0.15, 0.2) is 0 Å². The molecule has 2 aliphatic heterocycles. The second kappa shape index (κ2) is 5.91. The number of benzene rings is 1. The van der Waals surface area contributed by atoms with Crippen LogP contribution < -0.4 is 5.73 Å². The van der Waals surface area contributed by atoms with Crippen LogP contribution >= 0.6 is 0 Å². The summed E-state index contributed by atoms with van der Waals surface area (Å²) in [6.07, 6.45) is 6.65. The van der Waals surface area contributed by atoms with E-state index in [0.29, 0.717) is 16.3 Å². The maximum absolute atomic E-state index is 12.8. The number of sulfone groups is 1. The highest BCUT2D eigenvalue weighted by Gasteiger charge is 2.32. The van der Waals surface area contributed by atoms with E-state index in [1.54, 1.807) is 6.07 Å². The van der Waals surface area contributed by atoms with Gasteiger partial charge in [-0.15, -0.1) is 0 Å². The number of hydrogen-bond acceptors (Lipinski definition) is 4. The van der Waals surface area contributed by atoms with Gasteiger partial charge in [-0.25, -0.2) is 8.42 Å². The van der Waals surface area contributed by atoms with E-state index in [1.165, 1.54) is 12.8 Å². The van der Waals surface area contributed by atoms with E-state index in [4.69, 9.17) is 5.73 Å². The van der Waals surface area contributed by atoms with Crippen molar-refractivity contribution in [1.29, 1.82) is 0 Å². The molecule has 0 bridgehead atoms. The normalized spacial score (nSPS) is 21.7. The molecule has 4 nitrogen and oxygen atoms in total. The first-order valence-electron chi connectivity index (χ1n) is 7.63. The van der Waals surface area contributed by atoms with Crippen LogP contribution in [0.4, 0.5) is 0 Å². The molecule has 0 saturated carbocycles. The zero-order valence-electron chi connectivity index (χ0n) is 12.2. The Kier molecular flexibility index (Phi) is 4.15. The lowest BCUT2D eigenvalue weighted by Gasteiger charge is -2.20. The minimum Gasteiger partial charge on any atom is -0.326 e. The van der Waals surface area contributed by atoms with Crippen LogP contribution in [0, 0.1) is 0 Å². The monoisotopic (exact) mass is 306 g/mol. The topological polar surface area (TPSA) is 63.4 Å². The molecule has 114 valence electrons. The number of nitrogens with two attached hydrogens (primary N) is 1. The van der Waals surface area contributed by atoms with Gasteiger partial charge in [0.1, 0.15) is 0 Å². The van der Waals surface area contributed by atoms with Crippen LogP contribution in [0.15, 0.2) is 28.0 Å². The number of fused-ring (bicyclic) bond motifs is 1. The Labute approximate surface area is 126 Å². The highest BCUT2D eigenvalue weighted by atomic mass is 32.2. The Bertz CT molecular complexity index is 657. The fourth-order valence-electron chi connectivity index (χ4n) is 3.23. The molecule has 2 heterocycles. The van der Waals surface area contributed by atoms with Gasteiger partial charge in [-0.05, 0) is 43.1 Å². The van der Waals surface area contributed by atoms with Crippen molar-refractivity contribution in [3.8, 4) is 0 Å². The summed E-state index contributed by atoms with van der Waals surface area (Å²) in [6, 6.07) is 5.54. The lowest BCUT2D eigenvalue weighted by Crippen LogP contribution is -2.28. The highest BCUT2D eigenvalue weighted by Crippen LogP contribution is 2.35. The SMILES string of the molecule is NCc1cccc2c1S(=O)(=O)C(CN1CCCCCC1)=C2. The van der Waals surface area contributed by atoms with E-state index >= 15 is 0 Å². The largest absolute Gasteiger partial charge is 0.326 e. The van der Waals surface area contributed by atoms with E-state index < -0.39 is 9.84 Å². The highest BCUT2D eigenvalue weighted by molar-refractivity contribution is 7.96. The molecule has 0 atom stereocenters. The first-order chi connectivity index (χ1) is 10.1. The van der Waals surface area contributed by atoms with Crippen molar-refractivity contribution in [3.63, 3.8) is 0 Å². The van der Waals surface area contributed by atoms with Gasteiger partial charge in [-0.2, -0.15) is 0 Å². The lowest BCUT2D eigenvalue weighted by atomic mass is 10.1. The van der Waals surface area contributed by atoms with E-state index in [0.717, 1.165) is 37.1 Å². The molecule has 1 fully saturated rings. The molecule has 0 radical (unpaired) electrons. The van der Waals surface area contributed by atoms with E-state index in [2.05, 4.69) is 4.90 Å². The van der Waals surface area contributed by atoms with Crippen LogP contribution in [-0.4, -0.2) is 33.0 Å². The Balaban J connectivity index is 1.88. The molecule has 21 heavy (non-hydrogen) atoms. The summed E-state index contributed by atoms with van der Waals surface area (Å²) in [4.78, 5) is 3.22. The van der Waals surface area contributed by atoms with Crippen molar-refractivity contribution in [2.45, 2.75) is 37.1 Å². The molecule has 0 aromatic heterocycles. The Morgan fingerprint density at radius 1 is 1.10 bits per heavy atom. The zero-order valence-corrected chi connectivity index (χ0v) is 13.0. The molecule has 1 aromatic rings. The third-order valence-electron chi connectivity index (χ3n) is 4.36. The van der Waals surface area contributed by atoms with Crippen LogP contribution in [0.5, 0.6) is 0 Å². The quantitative estimate of drug-likeness (QED) is 0.929. The smallest absolute Gasteiger partial charge is 0.204 e. The van der Waals surface area contributed by atoms with Gasteiger partial charge >= 0.3 is 0 Å². The average molecular weight is 306 g/mol. The molecule has 0 spiro atoms. The second-order valence-corrected chi connectivity index (χ2v) is 7.78. The van der Waals surface area contributed by atoms with E-state index in [9.17, 15) is 8.42 Å². The Morgan fingerprint density at radius 3 is 2.48 bits per heavy atom. The van der Waals surface area contributed by atoms with E-state index in [1.807, 2.05) is 18.2 Å². The molecular weight excluding hydrogens is 284 g/mol. The molecule has 0 unspecified atom stereocenters. The summed E-state index contributed by atoms with van der Waals surface area (Å²) < 4.78 is 25.5. The molecular formula is C16H22N2O2S. The van der Waals surface area contributed by atoms with Gasteiger partial charge in [0, 0.05) is 13.1 Å². The van der Waals surface area contributed by atoms with Gasteiger partial charge in [0.25, 0.3) is 0 Å². The summed E-state index contributed by atoms with van der Waals surface area (Å²) in [7, 11) is -3.36. The zero-order chi connectivity index (χ0) is 14.9. The third kappa shape index (κ3) is 2.78. The van der Waals surface area contributed by atoms with Crippen LogP contribution in [0.3, 0.4) is 0 Å². The van der Waals surface area contributed by atoms with Crippen molar-refractivity contribution in [3.05, 3.63) is 34.2 Å². The predicted molar refractivity (Wildman–Crippen MR) is 84.4 cm³/mol. The predicted octanol–water partition coefficient (Wildman–Crippen LogP) is 2.15. The van der Waals surface area contributed by atoms with E-state index in [-0.39, 0.29) is 6.54 Å².